The molecular formula is C36H42N2O11. The van der Waals surface area contributed by atoms with Crippen LogP contribution >= 0.6 is 0 Å². The van der Waals surface area contributed by atoms with Gasteiger partial charge in [-0.1, -0.05) is 42.5 Å². The molecule has 262 valence electrons. The molecule has 0 unspecified atom stereocenters. The lowest BCUT2D eigenvalue weighted by molar-refractivity contribution is -0.374. The molecule has 4 N–H and O–H groups in total. The molecule has 0 bridgehead atoms. The van der Waals surface area contributed by atoms with Gasteiger partial charge in [-0.2, -0.15) is 0 Å². The maximum Gasteiger partial charge on any atom is 0.336 e. The number of unbranched alkanes of at least 4 members (excludes halogenated alkanes) is 2. The average molecular weight is 679 g/mol. The van der Waals surface area contributed by atoms with Crippen molar-refractivity contribution in [1.29, 1.82) is 0 Å². The minimum absolute atomic E-state index is 0.0624. The van der Waals surface area contributed by atoms with Crippen molar-refractivity contribution in [3.05, 3.63) is 106 Å². The normalized spacial score (nSPS) is 13.4. The lowest BCUT2D eigenvalue weighted by Crippen LogP contribution is -2.42. The van der Waals surface area contributed by atoms with Crippen LogP contribution in [0, 0.1) is 10.1 Å². The number of hydrogen-bond acceptors (Lipinski definition) is 9. The molecule has 1 aliphatic rings. The Morgan fingerprint density at radius 2 is 1.31 bits per heavy atom. The molecule has 1 saturated heterocycles. The largest absolute Gasteiger partial charge is 0.497 e. The number of benzene rings is 3. The van der Waals surface area contributed by atoms with Gasteiger partial charge in [0.2, 0.25) is 0 Å². The first kappa shape index (κ1) is 38.2. The average Bonchev–Trinajstić information content (AvgIpc) is 3.59. The molecule has 13 heteroatoms. The second-order valence-electron chi connectivity index (χ2n) is 11.5. The zero-order valence-corrected chi connectivity index (χ0v) is 27.3. The van der Waals surface area contributed by atoms with E-state index in [1.807, 2.05) is 66.7 Å². The fraction of sp³-hybridized carbons (Fsp3) is 0.361. The van der Waals surface area contributed by atoms with Crippen molar-refractivity contribution in [2.45, 2.75) is 50.5 Å². The van der Waals surface area contributed by atoms with E-state index in [1.54, 1.807) is 19.2 Å². The second kappa shape index (κ2) is 18.9. The van der Waals surface area contributed by atoms with E-state index in [0.29, 0.717) is 23.5 Å². The SMILES string of the molecule is COc1ccc(/C(=C(/c2ccccc2)[N+](=O)[O-])c2ccc(OCCCCCN3CCCC3)cc2)cc1.O=C(O)CC(O)(CC(=O)O)C(=O)O. The van der Waals surface area contributed by atoms with Crippen LogP contribution in [0.5, 0.6) is 11.5 Å². The maximum absolute atomic E-state index is 12.3. The summed E-state index contributed by atoms with van der Waals surface area (Å²) in [7, 11) is 1.60. The lowest BCUT2D eigenvalue weighted by Gasteiger charge is -2.18. The number of rotatable bonds is 17. The monoisotopic (exact) mass is 678 g/mol. The molecule has 0 spiro atoms. The van der Waals surface area contributed by atoms with E-state index in [9.17, 15) is 24.5 Å². The van der Waals surface area contributed by atoms with Gasteiger partial charge in [-0.15, -0.1) is 0 Å². The molecule has 0 atom stereocenters. The van der Waals surface area contributed by atoms with Gasteiger partial charge in [0.15, 0.2) is 5.60 Å². The Morgan fingerprint density at radius 1 is 0.776 bits per heavy atom. The van der Waals surface area contributed by atoms with Crippen LogP contribution < -0.4 is 9.47 Å². The van der Waals surface area contributed by atoms with Gasteiger partial charge in [0, 0.05) is 0 Å². The molecule has 4 rings (SSSR count). The molecule has 1 aliphatic heterocycles. The maximum atomic E-state index is 12.3. The van der Waals surface area contributed by atoms with E-state index in [0.717, 1.165) is 29.7 Å². The molecule has 0 amide bonds. The highest BCUT2D eigenvalue weighted by Crippen LogP contribution is 2.34. The number of nitro groups is 1. The zero-order chi connectivity index (χ0) is 35.8. The van der Waals surface area contributed by atoms with Crippen LogP contribution in [0.2, 0.25) is 0 Å². The fourth-order valence-electron chi connectivity index (χ4n) is 5.38. The Labute approximate surface area is 284 Å². The third kappa shape index (κ3) is 12.0. The number of hydrogen-bond donors (Lipinski definition) is 4. The van der Waals surface area contributed by atoms with Crippen molar-refractivity contribution in [2.24, 2.45) is 0 Å². The summed E-state index contributed by atoms with van der Waals surface area (Å²) in [5.74, 6) is -3.55. The van der Waals surface area contributed by atoms with Gasteiger partial charge in [0.25, 0.3) is 5.70 Å². The summed E-state index contributed by atoms with van der Waals surface area (Å²) < 4.78 is 11.2. The number of methoxy groups -OCH3 is 1. The number of ether oxygens (including phenoxy) is 2. The summed E-state index contributed by atoms with van der Waals surface area (Å²) >= 11 is 0. The van der Waals surface area contributed by atoms with Crippen molar-refractivity contribution in [3.63, 3.8) is 0 Å². The predicted molar refractivity (Wildman–Crippen MR) is 181 cm³/mol. The highest BCUT2D eigenvalue weighted by atomic mass is 16.6. The lowest BCUT2D eigenvalue weighted by atomic mass is 9.93. The third-order valence-electron chi connectivity index (χ3n) is 7.86. The Kier molecular flexibility index (Phi) is 14.7. The van der Waals surface area contributed by atoms with Crippen LogP contribution in [-0.4, -0.2) is 87.1 Å². The van der Waals surface area contributed by atoms with Crippen LogP contribution in [0.25, 0.3) is 11.3 Å². The topological polar surface area (TPSA) is 197 Å². The first-order valence-corrected chi connectivity index (χ1v) is 15.9. The summed E-state index contributed by atoms with van der Waals surface area (Å²) in [4.78, 5) is 45.0. The highest BCUT2D eigenvalue weighted by molar-refractivity contribution is 5.95. The number of likely N-dealkylation sites (tertiary alicyclic amines) is 1. The summed E-state index contributed by atoms with van der Waals surface area (Å²) in [6, 6.07) is 23.9. The van der Waals surface area contributed by atoms with Gasteiger partial charge in [0.05, 0.1) is 42.6 Å². The third-order valence-corrected chi connectivity index (χ3v) is 7.86. The summed E-state index contributed by atoms with van der Waals surface area (Å²) in [6.45, 7) is 4.36. The van der Waals surface area contributed by atoms with Crippen LogP contribution in [0.3, 0.4) is 0 Å². The van der Waals surface area contributed by atoms with Crippen molar-refractivity contribution < 1.29 is 49.2 Å². The van der Waals surface area contributed by atoms with Crippen LogP contribution in [0.1, 0.15) is 61.6 Å². The van der Waals surface area contributed by atoms with Crippen molar-refractivity contribution in [3.8, 4) is 11.5 Å². The van der Waals surface area contributed by atoms with Gasteiger partial charge in [0.1, 0.15) is 11.5 Å². The molecule has 49 heavy (non-hydrogen) atoms. The van der Waals surface area contributed by atoms with Gasteiger partial charge in [-0.3, -0.25) is 19.7 Å². The summed E-state index contributed by atoms with van der Waals surface area (Å²) in [6.07, 6.45) is 3.77. The molecule has 0 aliphatic carbocycles. The molecule has 3 aromatic carbocycles. The molecule has 3 aromatic rings. The summed E-state index contributed by atoms with van der Waals surface area (Å²) in [5.41, 5.74) is -0.0541. The Hall–Kier alpha value is -5.27. The molecule has 0 radical (unpaired) electrons. The van der Waals surface area contributed by atoms with Gasteiger partial charge in [-0.05, 0) is 99.3 Å². The van der Waals surface area contributed by atoms with Crippen molar-refractivity contribution >= 4 is 29.2 Å². The van der Waals surface area contributed by atoms with Crippen molar-refractivity contribution in [1.82, 2.24) is 4.90 Å². The summed E-state index contributed by atoms with van der Waals surface area (Å²) in [5, 5.41) is 46.1. The number of carboxylic acid groups (broad SMARTS) is 3. The first-order chi connectivity index (χ1) is 23.4. The number of carboxylic acids is 3. The Bertz CT molecular complexity index is 1550. The number of carbonyl (C=O) groups is 3. The number of aliphatic carboxylic acids is 3. The van der Waals surface area contributed by atoms with Crippen LogP contribution in [-0.2, 0) is 14.4 Å². The van der Waals surface area contributed by atoms with E-state index in [2.05, 4.69) is 4.90 Å². The second-order valence-corrected chi connectivity index (χ2v) is 11.5. The minimum Gasteiger partial charge on any atom is -0.497 e. The van der Waals surface area contributed by atoms with E-state index in [1.165, 1.54) is 38.9 Å². The zero-order valence-electron chi connectivity index (χ0n) is 27.3. The molecule has 1 heterocycles. The van der Waals surface area contributed by atoms with Crippen LogP contribution in [0.4, 0.5) is 0 Å². The molecule has 0 saturated carbocycles. The van der Waals surface area contributed by atoms with Crippen LogP contribution in [0.15, 0.2) is 78.9 Å². The first-order valence-electron chi connectivity index (χ1n) is 15.9. The molecule has 13 nitrogen and oxygen atoms in total. The molecule has 0 aromatic heterocycles. The van der Waals surface area contributed by atoms with E-state index >= 15 is 0 Å². The smallest absolute Gasteiger partial charge is 0.336 e. The Morgan fingerprint density at radius 3 is 1.78 bits per heavy atom. The fourth-order valence-corrected chi connectivity index (χ4v) is 5.38. The highest BCUT2D eigenvalue weighted by Gasteiger charge is 2.40. The number of aliphatic hydroxyl groups is 1. The van der Waals surface area contributed by atoms with E-state index < -0.39 is 36.4 Å². The van der Waals surface area contributed by atoms with Gasteiger partial charge >= 0.3 is 17.9 Å². The van der Waals surface area contributed by atoms with Gasteiger partial charge in [-0.25, -0.2) is 4.79 Å². The number of nitrogens with zero attached hydrogens (tertiary/aromatic N) is 2. The quantitative estimate of drug-likeness (QED) is 0.0624. The Balaban J connectivity index is 0.000000425. The molecular weight excluding hydrogens is 636 g/mol. The minimum atomic E-state index is -2.74. The van der Waals surface area contributed by atoms with E-state index in [-0.39, 0.29) is 10.6 Å². The predicted octanol–water partition coefficient (Wildman–Crippen LogP) is 5.28. The standard InChI is InChI=1S/C30H34N2O4.C6H8O7/c1-35-27-16-12-24(13-17-27)29(30(32(33)34)26-10-4-2-5-11-26)25-14-18-28(19-15-25)36-23-9-3-6-20-31-21-7-8-22-31;7-3(8)1-6(13,5(11)12)2-4(9)10/h2,4-5,10-19H,3,6-9,20-23H2,1H3;13H,1-2H2,(H,7,8)(H,9,10)(H,11,12)/b30-29+;. The molecule has 1 fully saturated rings. The van der Waals surface area contributed by atoms with Gasteiger partial charge < -0.3 is 34.8 Å². The van der Waals surface area contributed by atoms with Crippen molar-refractivity contribution in [2.75, 3.05) is 33.4 Å². The van der Waals surface area contributed by atoms with E-state index in [4.69, 9.17) is 29.9 Å².